The lowest BCUT2D eigenvalue weighted by Gasteiger charge is -2.23. The molecule has 0 radical (unpaired) electrons. The molecule has 28 heavy (non-hydrogen) atoms. The number of hydrogen-bond donors (Lipinski definition) is 1. The van der Waals surface area contributed by atoms with Crippen molar-refractivity contribution in [3.8, 4) is 0 Å². The monoisotopic (exact) mass is 401 g/mol. The first-order valence-corrected chi connectivity index (χ1v) is 9.95. The average molecular weight is 401 g/mol. The molecule has 0 saturated heterocycles. The van der Waals surface area contributed by atoms with Gasteiger partial charge in [0.1, 0.15) is 11.6 Å². The molecule has 6 nitrogen and oxygen atoms in total. The molecule has 1 aliphatic rings. The van der Waals surface area contributed by atoms with Crippen LogP contribution in [0.3, 0.4) is 0 Å². The van der Waals surface area contributed by atoms with Crippen molar-refractivity contribution in [2.45, 2.75) is 51.4 Å². The van der Waals surface area contributed by atoms with E-state index in [9.17, 15) is 14.4 Å². The van der Waals surface area contributed by atoms with Crippen LogP contribution in [0.5, 0.6) is 0 Å². The topological polar surface area (TPSA) is 81.7 Å². The Bertz CT molecular complexity index is 868. The molecule has 0 spiro atoms. The van der Waals surface area contributed by atoms with Crippen molar-refractivity contribution in [1.29, 1.82) is 0 Å². The molecule has 2 aromatic rings. The van der Waals surface area contributed by atoms with Gasteiger partial charge in [0.2, 0.25) is 5.78 Å². The number of thiophene rings is 1. The van der Waals surface area contributed by atoms with Gasteiger partial charge in [-0.15, -0.1) is 11.3 Å². The highest BCUT2D eigenvalue weighted by Gasteiger charge is 2.36. The third-order valence-electron chi connectivity index (χ3n) is 4.18. The van der Waals surface area contributed by atoms with Crippen molar-refractivity contribution >= 4 is 29.2 Å². The van der Waals surface area contributed by atoms with Gasteiger partial charge in [-0.25, -0.2) is 9.59 Å². The molecule has 1 aromatic heterocycles. The largest absolute Gasteiger partial charge is 0.452 e. The second-order valence-corrected chi connectivity index (χ2v) is 8.57. The number of alkyl carbamates (subject to hydrolysis) is 1. The Morgan fingerprint density at radius 3 is 2.57 bits per heavy atom. The molecule has 0 aliphatic heterocycles. The number of hydrogen-bond acceptors (Lipinski definition) is 6. The number of ketones is 1. The van der Waals surface area contributed by atoms with Crippen molar-refractivity contribution in [2.75, 3.05) is 0 Å². The van der Waals surface area contributed by atoms with Gasteiger partial charge >= 0.3 is 12.1 Å². The molecule has 7 heteroatoms. The van der Waals surface area contributed by atoms with Crippen LogP contribution in [-0.2, 0) is 27.1 Å². The summed E-state index contributed by atoms with van der Waals surface area (Å²) in [6.45, 7) is 5.23. The van der Waals surface area contributed by atoms with Gasteiger partial charge in [-0.2, -0.15) is 0 Å². The van der Waals surface area contributed by atoms with E-state index in [-0.39, 0.29) is 12.2 Å². The summed E-state index contributed by atoms with van der Waals surface area (Å²) in [6, 6.07) is 10.2. The quantitative estimate of drug-likeness (QED) is 0.775. The highest BCUT2D eigenvalue weighted by Crippen LogP contribution is 2.29. The smallest absolute Gasteiger partial charge is 0.408 e. The summed E-state index contributed by atoms with van der Waals surface area (Å²) >= 11 is 1.35. The molecule has 1 N–H and O–H groups in total. The molecule has 1 heterocycles. The van der Waals surface area contributed by atoms with Crippen LogP contribution >= 0.6 is 11.3 Å². The predicted octanol–water partition coefficient (Wildman–Crippen LogP) is 3.53. The summed E-state index contributed by atoms with van der Waals surface area (Å²) in [5.74, 6) is -0.836. The zero-order valence-corrected chi connectivity index (χ0v) is 16.9. The van der Waals surface area contributed by atoms with Crippen LogP contribution in [-0.4, -0.2) is 35.6 Å². The van der Waals surface area contributed by atoms with Crippen LogP contribution < -0.4 is 5.32 Å². The van der Waals surface area contributed by atoms with Crippen molar-refractivity contribution in [3.05, 3.63) is 57.8 Å². The molecule has 0 saturated carbocycles. The minimum absolute atomic E-state index is 0.186. The van der Waals surface area contributed by atoms with Crippen molar-refractivity contribution in [3.63, 3.8) is 0 Å². The molecular formula is C21H23NO5S. The van der Waals surface area contributed by atoms with Gasteiger partial charge < -0.3 is 14.8 Å². The van der Waals surface area contributed by atoms with E-state index in [0.717, 1.165) is 11.1 Å². The Morgan fingerprint density at radius 1 is 1.21 bits per heavy atom. The molecule has 3 rings (SSSR count). The predicted molar refractivity (Wildman–Crippen MR) is 106 cm³/mol. The number of benzene rings is 1. The van der Waals surface area contributed by atoms with Gasteiger partial charge in [0.25, 0.3) is 0 Å². The standard InChI is InChI=1S/C21H23NO5S/c1-21(2,3)27-20(25)22-15(11-13-7-5-4-6-8-13)19(24)26-16-12-14-9-10-28-18(14)17(16)23/h4-10,15-16H,11-12H2,1-3H3,(H,22,25)/t15-,16-/m0/s1. The maximum Gasteiger partial charge on any atom is 0.408 e. The van der Waals surface area contributed by atoms with Gasteiger partial charge in [0.15, 0.2) is 6.10 Å². The van der Waals surface area contributed by atoms with E-state index < -0.39 is 29.8 Å². The average Bonchev–Trinajstić information content (AvgIpc) is 3.17. The first-order valence-electron chi connectivity index (χ1n) is 9.07. The fraction of sp³-hybridized carbons (Fsp3) is 0.381. The van der Waals surface area contributed by atoms with Crippen LogP contribution in [0.15, 0.2) is 41.8 Å². The van der Waals surface area contributed by atoms with Crippen LogP contribution in [0.2, 0.25) is 0 Å². The van der Waals surface area contributed by atoms with E-state index in [2.05, 4.69) is 5.32 Å². The normalized spacial score (nSPS) is 17.0. The number of ether oxygens (including phenoxy) is 2. The second-order valence-electron chi connectivity index (χ2n) is 7.66. The number of amides is 1. The van der Waals surface area contributed by atoms with E-state index in [4.69, 9.17) is 9.47 Å². The molecule has 148 valence electrons. The summed E-state index contributed by atoms with van der Waals surface area (Å²) < 4.78 is 10.7. The fourth-order valence-corrected chi connectivity index (χ4v) is 3.88. The number of esters is 1. The molecule has 1 aromatic carbocycles. The maximum atomic E-state index is 12.8. The molecule has 2 atom stereocenters. The summed E-state index contributed by atoms with van der Waals surface area (Å²) in [7, 11) is 0. The van der Waals surface area contributed by atoms with E-state index >= 15 is 0 Å². The van der Waals surface area contributed by atoms with E-state index in [0.29, 0.717) is 11.3 Å². The lowest BCUT2D eigenvalue weighted by atomic mass is 10.1. The van der Waals surface area contributed by atoms with Gasteiger partial charge in [0, 0.05) is 12.8 Å². The molecular weight excluding hydrogens is 378 g/mol. The summed E-state index contributed by atoms with van der Waals surface area (Å²) in [4.78, 5) is 38.0. The van der Waals surface area contributed by atoms with Crippen LogP contribution in [0, 0.1) is 0 Å². The first-order chi connectivity index (χ1) is 13.2. The minimum atomic E-state index is -0.955. The number of nitrogens with one attached hydrogen (secondary N) is 1. The number of fused-ring (bicyclic) bond motifs is 1. The van der Waals surface area contributed by atoms with E-state index in [1.54, 1.807) is 20.8 Å². The SMILES string of the molecule is CC(C)(C)OC(=O)N[C@@H](Cc1ccccc1)C(=O)O[C@H]1Cc2ccsc2C1=O. The highest BCUT2D eigenvalue weighted by atomic mass is 32.1. The molecule has 0 bridgehead atoms. The Hall–Kier alpha value is -2.67. The van der Waals surface area contributed by atoms with E-state index in [1.165, 1.54) is 11.3 Å². The van der Waals surface area contributed by atoms with Gasteiger partial charge in [-0.05, 0) is 43.3 Å². The van der Waals surface area contributed by atoms with Gasteiger partial charge in [-0.1, -0.05) is 30.3 Å². The summed E-state index contributed by atoms with van der Waals surface area (Å²) in [6.07, 6.45) is -0.939. The van der Waals surface area contributed by atoms with Crippen LogP contribution in [0.4, 0.5) is 4.79 Å². The summed E-state index contributed by atoms with van der Waals surface area (Å²) in [5, 5.41) is 4.43. The Balaban J connectivity index is 1.70. The van der Waals surface area contributed by atoms with Crippen LogP contribution in [0.1, 0.15) is 41.6 Å². The lowest BCUT2D eigenvalue weighted by molar-refractivity contribution is -0.149. The van der Waals surface area contributed by atoms with Crippen molar-refractivity contribution < 1.29 is 23.9 Å². The van der Waals surface area contributed by atoms with E-state index in [1.807, 2.05) is 41.8 Å². The lowest BCUT2D eigenvalue weighted by Crippen LogP contribution is -2.46. The minimum Gasteiger partial charge on any atom is -0.452 e. The van der Waals surface area contributed by atoms with Crippen molar-refractivity contribution in [1.82, 2.24) is 5.32 Å². The number of Topliss-reactive ketones (excluding diaryl/α,β-unsaturated/α-hetero) is 1. The number of carbonyl (C=O) groups is 3. The Labute approximate surface area is 167 Å². The van der Waals surface area contributed by atoms with Crippen LogP contribution in [0.25, 0.3) is 0 Å². The summed E-state index contributed by atoms with van der Waals surface area (Å²) in [5.41, 5.74) is 1.06. The zero-order valence-electron chi connectivity index (χ0n) is 16.1. The van der Waals surface area contributed by atoms with Gasteiger partial charge in [0.05, 0.1) is 4.88 Å². The van der Waals surface area contributed by atoms with Gasteiger partial charge in [-0.3, -0.25) is 4.79 Å². The molecule has 0 fully saturated rings. The maximum absolute atomic E-state index is 12.8. The molecule has 1 amide bonds. The number of rotatable bonds is 5. The Morgan fingerprint density at radius 2 is 1.93 bits per heavy atom. The highest BCUT2D eigenvalue weighted by molar-refractivity contribution is 7.12. The fourth-order valence-electron chi connectivity index (χ4n) is 2.96. The van der Waals surface area contributed by atoms with Crippen molar-refractivity contribution in [2.24, 2.45) is 0 Å². The third-order valence-corrected chi connectivity index (χ3v) is 5.16. The third kappa shape index (κ3) is 4.98. The first kappa shape index (κ1) is 20.1. The molecule has 0 unspecified atom stereocenters. The Kier molecular flexibility index (Phi) is 5.84. The number of carbonyl (C=O) groups excluding carboxylic acids is 3. The molecule has 1 aliphatic carbocycles. The second kappa shape index (κ2) is 8.14. The zero-order chi connectivity index (χ0) is 20.3.